The number of hydrogen-bond acceptors (Lipinski definition) is 5. The molecule has 9 heteroatoms. The highest BCUT2D eigenvalue weighted by atomic mass is 35.5. The summed E-state index contributed by atoms with van der Waals surface area (Å²) < 4.78 is 5.32. The van der Waals surface area contributed by atoms with Crippen molar-refractivity contribution in [3.63, 3.8) is 0 Å². The van der Waals surface area contributed by atoms with Gasteiger partial charge in [0.15, 0.2) is 0 Å². The lowest BCUT2D eigenvalue weighted by atomic mass is 9.96. The Morgan fingerprint density at radius 2 is 1.62 bits per heavy atom. The SMILES string of the molecule is Cc1ccc(C(C(=O)Nc2c(C)cccc2Cl)N(C(=O)C(CO)NC(=O)OC(C)(C)C)C(C)CCC(C)C)cc1. The van der Waals surface area contributed by atoms with Crippen molar-refractivity contribution in [1.29, 1.82) is 0 Å². The van der Waals surface area contributed by atoms with E-state index in [9.17, 15) is 19.5 Å². The normalized spacial score (nSPS) is 13.8. The topological polar surface area (TPSA) is 108 Å². The Hall–Kier alpha value is -3.10. The minimum absolute atomic E-state index is 0.366. The Balaban J connectivity index is 2.60. The van der Waals surface area contributed by atoms with Crippen molar-refractivity contribution < 1.29 is 24.2 Å². The number of rotatable bonds is 11. The Bertz CT molecular complexity index is 1140. The maximum absolute atomic E-state index is 14.1. The summed E-state index contributed by atoms with van der Waals surface area (Å²) in [5, 5.41) is 16.0. The number of aryl methyl sites for hydroxylation is 2. The number of nitrogens with one attached hydrogen (secondary N) is 2. The fraction of sp³-hybridized carbons (Fsp3) is 0.516. The third kappa shape index (κ3) is 9.52. The van der Waals surface area contributed by atoms with Gasteiger partial charge in [-0.05, 0) is 77.5 Å². The maximum atomic E-state index is 14.1. The van der Waals surface area contributed by atoms with Crippen molar-refractivity contribution in [1.82, 2.24) is 10.2 Å². The Morgan fingerprint density at radius 1 is 1.00 bits per heavy atom. The minimum Gasteiger partial charge on any atom is -0.444 e. The van der Waals surface area contributed by atoms with Crippen molar-refractivity contribution in [2.75, 3.05) is 11.9 Å². The number of ether oxygens (including phenoxy) is 1. The van der Waals surface area contributed by atoms with Crippen molar-refractivity contribution in [2.45, 2.75) is 92.0 Å². The molecular weight excluding hydrogens is 530 g/mol. The van der Waals surface area contributed by atoms with Gasteiger partial charge < -0.3 is 25.4 Å². The molecule has 3 N–H and O–H groups in total. The summed E-state index contributed by atoms with van der Waals surface area (Å²) in [5.74, 6) is -0.690. The second-order valence-corrected chi connectivity index (χ2v) is 12.1. The van der Waals surface area contributed by atoms with Crippen LogP contribution < -0.4 is 10.6 Å². The third-order valence-corrected chi connectivity index (χ3v) is 6.77. The highest BCUT2D eigenvalue weighted by Crippen LogP contribution is 2.31. The van der Waals surface area contributed by atoms with Crippen LogP contribution in [0.2, 0.25) is 5.02 Å². The fourth-order valence-corrected chi connectivity index (χ4v) is 4.57. The summed E-state index contributed by atoms with van der Waals surface area (Å²) in [6, 6.07) is 9.89. The molecule has 0 saturated heterocycles. The molecule has 0 aromatic heterocycles. The average Bonchev–Trinajstić information content (AvgIpc) is 2.85. The van der Waals surface area contributed by atoms with E-state index in [0.717, 1.165) is 17.5 Å². The number of anilines is 1. The molecule has 0 aliphatic heterocycles. The van der Waals surface area contributed by atoms with Crippen LogP contribution in [-0.4, -0.2) is 52.2 Å². The smallest absolute Gasteiger partial charge is 0.408 e. The van der Waals surface area contributed by atoms with Crippen LogP contribution in [0.4, 0.5) is 10.5 Å². The van der Waals surface area contributed by atoms with Gasteiger partial charge in [-0.3, -0.25) is 9.59 Å². The number of alkyl carbamates (subject to hydrolysis) is 1. The Labute approximate surface area is 243 Å². The van der Waals surface area contributed by atoms with Crippen molar-refractivity contribution >= 4 is 35.2 Å². The summed E-state index contributed by atoms with van der Waals surface area (Å²) in [7, 11) is 0. The van der Waals surface area contributed by atoms with Crippen LogP contribution in [0.5, 0.6) is 0 Å². The maximum Gasteiger partial charge on any atom is 0.408 e. The van der Waals surface area contributed by atoms with Crippen LogP contribution >= 0.6 is 11.6 Å². The van der Waals surface area contributed by atoms with E-state index in [1.807, 2.05) is 51.1 Å². The molecule has 2 rings (SSSR count). The van der Waals surface area contributed by atoms with Crippen LogP contribution in [-0.2, 0) is 14.3 Å². The minimum atomic E-state index is -1.32. The van der Waals surface area contributed by atoms with E-state index < -0.39 is 48.2 Å². The fourth-order valence-electron chi connectivity index (χ4n) is 4.30. The molecule has 3 atom stereocenters. The molecule has 0 radical (unpaired) electrons. The molecule has 220 valence electrons. The summed E-state index contributed by atoms with van der Waals surface area (Å²) >= 11 is 6.43. The third-order valence-electron chi connectivity index (χ3n) is 6.45. The van der Waals surface area contributed by atoms with E-state index in [0.29, 0.717) is 28.6 Å². The number of amides is 3. The number of aliphatic hydroxyl groups is 1. The van der Waals surface area contributed by atoms with Gasteiger partial charge in [0.1, 0.15) is 17.7 Å². The second kappa shape index (κ2) is 14.5. The van der Waals surface area contributed by atoms with E-state index in [1.165, 1.54) is 4.90 Å². The van der Waals surface area contributed by atoms with Crippen LogP contribution in [0.1, 0.15) is 77.1 Å². The summed E-state index contributed by atoms with van der Waals surface area (Å²) in [5.41, 5.74) is 2.02. The van der Waals surface area contributed by atoms with Gasteiger partial charge in [0.2, 0.25) is 5.91 Å². The van der Waals surface area contributed by atoms with Crippen LogP contribution in [0, 0.1) is 19.8 Å². The van der Waals surface area contributed by atoms with Gasteiger partial charge in [0.05, 0.1) is 17.3 Å². The zero-order valence-corrected chi connectivity index (χ0v) is 25.6. The number of nitrogens with zero attached hydrogens (tertiary/aromatic N) is 1. The van der Waals surface area contributed by atoms with Gasteiger partial charge in [-0.15, -0.1) is 0 Å². The molecule has 0 saturated carbocycles. The predicted molar refractivity (Wildman–Crippen MR) is 159 cm³/mol. The number of halogens is 1. The molecule has 0 heterocycles. The van der Waals surface area contributed by atoms with Crippen LogP contribution in [0.25, 0.3) is 0 Å². The summed E-state index contributed by atoms with van der Waals surface area (Å²) in [4.78, 5) is 42.2. The molecule has 2 aromatic rings. The van der Waals surface area contributed by atoms with Crippen molar-refractivity contribution in [3.05, 3.63) is 64.2 Å². The highest BCUT2D eigenvalue weighted by molar-refractivity contribution is 6.34. The van der Waals surface area contributed by atoms with Crippen molar-refractivity contribution in [3.8, 4) is 0 Å². The van der Waals surface area contributed by atoms with E-state index in [1.54, 1.807) is 32.9 Å². The number of carbonyl (C=O) groups is 3. The first kappa shape index (κ1) is 33.1. The van der Waals surface area contributed by atoms with Gasteiger partial charge in [0, 0.05) is 6.04 Å². The molecule has 3 unspecified atom stereocenters. The molecule has 0 fully saturated rings. The van der Waals surface area contributed by atoms with Gasteiger partial charge in [-0.25, -0.2) is 4.79 Å². The molecular formula is C31H44ClN3O5. The van der Waals surface area contributed by atoms with E-state index in [2.05, 4.69) is 24.5 Å². The molecule has 0 bridgehead atoms. The number of para-hydroxylation sites is 1. The van der Waals surface area contributed by atoms with Crippen LogP contribution in [0.15, 0.2) is 42.5 Å². The number of aliphatic hydroxyl groups excluding tert-OH is 1. The molecule has 2 aromatic carbocycles. The zero-order valence-electron chi connectivity index (χ0n) is 24.9. The lowest BCUT2D eigenvalue weighted by molar-refractivity contribution is -0.144. The standard InChI is InChI=1S/C31H44ClN3O5/c1-19(2)12-15-22(5)35(29(38)25(18-36)33-30(39)40-31(6,7)8)27(23-16-13-20(3)14-17-23)28(37)34-26-21(4)10-9-11-24(26)32/h9-11,13-14,16-17,19,22,25,27,36H,12,15,18H2,1-8H3,(H,33,39)(H,34,37). The molecule has 0 spiro atoms. The molecule has 0 aliphatic rings. The van der Waals surface area contributed by atoms with Crippen molar-refractivity contribution in [2.24, 2.45) is 5.92 Å². The predicted octanol–water partition coefficient (Wildman–Crippen LogP) is 6.18. The lowest BCUT2D eigenvalue weighted by Gasteiger charge is -2.38. The van der Waals surface area contributed by atoms with Crippen LogP contribution in [0.3, 0.4) is 0 Å². The molecule has 3 amide bonds. The Morgan fingerprint density at radius 3 is 2.15 bits per heavy atom. The van der Waals surface area contributed by atoms with E-state index in [4.69, 9.17) is 16.3 Å². The summed E-state index contributed by atoms with van der Waals surface area (Å²) in [6.45, 7) is 14.3. The lowest BCUT2D eigenvalue weighted by Crippen LogP contribution is -2.56. The summed E-state index contributed by atoms with van der Waals surface area (Å²) in [6.07, 6.45) is 0.576. The number of carbonyl (C=O) groups excluding carboxylic acids is 3. The van der Waals surface area contributed by atoms with Gasteiger partial charge in [-0.2, -0.15) is 0 Å². The monoisotopic (exact) mass is 573 g/mol. The first-order chi connectivity index (χ1) is 18.6. The molecule has 0 aliphatic carbocycles. The van der Waals surface area contributed by atoms with E-state index in [-0.39, 0.29) is 0 Å². The molecule has 40 heavy (non-hydrogen) atoms. The van der Waals surface area contributed by atoms with Gasteiger partial charge in [0.25, 0.3) is 5.91 Å². The first-order valence-electron chi connectivity index (χ1n) is 13.7. The largest absolute Gasteiger partial charge is 0.444 e. The Kier molecular flexibility index (Phi) is 12.0. The highest BCUT2D eigenvalue weighted by Gasteiger charge is 2.39. The van der Waals surface area contributed by atoms with Gasteiger partial charge >= 0.3 is 6.09 Å². The quantitative estimate of drug-likeness (QED) is 0.298. The van der Waals surface area contributed by atoms with E-state index >= 15 is 0 Å². The average molecular weight is 574 g/mol. The van der Waals surface area contributed by atoms with Gasteiger partial charge in [-0.1, -0.05) is 67.4 Å². The second-order valence-electron chi connectivity index (χ2n) is 11.7. The zero-order chi connectivity index (χ0) is 30.2. The first-order valence-corrected chi connectivity index (χ1v) is 14.1. The number of hydrogen-bond donors (Lipinski definition) is 3. The molecule has 8 nitrogen and oxygen atoms in total. The number of benzene rings is 2.